The van der Waals surface area contributed by atoms with Gasteiger partial charge in [-0.25, -0.2) is 4.39 Å². The molecule has 2 N–H and O–H groups in total. The molecule has 0 saturated heterocycles. The van der Waals surface area contributed by atoms with Crippen LogP contribution in [0, 0.1) is 5.82 Å². The van der Waals surface area contributed by atoms with Crippen molar-refractivity contribution in [3.8, 4) is 11.5 Å². The fraction of sp³-hybridized carbons (Fsp3) is 0. The van der Waals surface area contributed by atoms with E-state index in [4.69, 9.17) is 45.9 Å². The van der Waals surface area contributed by atoms with Gasteiger partial charge in [-0.3, -0.25) is 0 Å². The van der Waals surface area contributed by atoms with Crippen molar-refractivity contribution >= 4 is 40.4 Å². The summed E-state index contributed by atoms with van der Waals surface area (Å²) in [4.78, 5) is 0.117. The zero-order chi connectivity index (χ0) is 14.0. The minimum atomic E-state index is -0.582. The summed E-state index contributed by atoms with van der Waals surface area (Å²) in [5.74, 6) is -0.290. The maximum absolute atomic E-state index is 13.8. The first-order chi connectivity index (χ1) is 8.99. The lowest BCUT2D eigenvalue weighted by Crippen LogP contribution is -2.09. The van der Waals surface area contributed by atoms with Gasteiger partial charge in [-0.15, -0.1) is 0 Å². The predicted octanol–water partition coefficient (Wildman–Crippen LogP) is 4.56. The monoisotopic (exact) mass is 315 g/mol. The summed E-state index contributed by atoms with van der Waals surface area (Å²) < 4.78 is 19.2. The molecule has 0 aliphatic heterocycles. The maximum Gasteiger partial charge on any atom is 0.166 e. The minimum absolute atomic E-state index is 0.0177. The Morgan fingerprint density at radius 1 is 1.16 bits per heavy atom. The molecular weight excluding hydrogens is 308 g/mol. The molecule has 0 aliphatic carbocycles. The Morgan fingerprint density at radius 2 is 1.89 bits per heavy atom. The molecule has 0 saturated carbocycles. The fourth-order valence-electron chi connectivity index (χ4n) is 1.42. The fourth-order valence-corrected chi connectivity index (χ4v) is 1.88. The average molecular weight is 316 g/mol. The van der Waals surface area contributed by atoms with Crippen molar-refractivity contribution in [3.05, 3.63) is 57.8 Å². The number of nitrogens with two attached hydrogens (primary N) is 1. The van der Waals surface area contributed by atoms with E-state index in [1.807, 2.05) is 0 Å². The average Bonchev–Trinajstić information content (AvgIpc) is 2.37. The summed E-state index contributed by atoms with van der Waals surface area (Å²) in [6.07, 6.45) is 0. The quantitative estimate of drug-likeness (QED) is 0.843. The number of halogens is 3. The zero-order valence-electron chi connectivity index (χ0n) is 9.49. The first-order valence-corrected chi connectivity index (χ1v) is 6.36. The highest BCUT2D eigenvalue weighted by molar-refractivity contribution is 7.80. The summed E-state index contributed by atoms with van der Waals surface area (Å²) in [7, 11) is 0. The van der Waals surface area contributed by atoms with Crippen LogP contribution in [0.15, 0.2) is 36.4 Å². The van der Waals surface area contributed by atoms with Crippen molar-refractivity contribution in [2.45, 2.75) is 0 Å². The van der Waals surface area contributed by atoms with E-state index in [1.54, 1.807) is 24.3 Å². The lowest BCUT2D eigenvalue weighted by atomic mass is 10.2. The summed E-state index contributed by atoms with van der Waals surface area (Å²) in [5, 5.41) is 0.557. The summed E-state index contributed by atoms with van der Waals surface area (Å²) in [6.45, 7) is 0. The van der Waals surface area contributed by atoms with Gasteiger partial charge >= 0.3 is 0 Å². The Labute approximate surface area is 124 Å². The smallest absolute Gasteiger partial charge is 0.166 e. The molecule has 2 rings (SSSR count). The Balaban J connectivity index is 2.34. The van der Waals surface area contributed by atoms with Gasteiger partial charge in [0.2, 0.25) is 0 Å². The Hall–Kier alpha value is -1.36. The van der Waals surface area contributed by atoms with E-state index in [-0.39, 0.29) is 21.5 Å². The van der Waals surface area contributed by atoms with Crippen LogP contribution < -0.4 is 10.5 Å². The van der Waals surface area contributed by atoms with Gasteiger partial charge in [0.15, 0.2) is 11.6 Å². The molecule has 98 valence electrons. The van der Waals surface area contributed by atoms with Gasteiger partial charge < -0.3 is 10.5 Å². The van der Waals surface area contributed by atoms with Crippen LogP contribution in [0.3, 0.4) is 0 Å². The Morgan fingerprint density at radius 3 is 2.53 bits per heavy atom. The van der Waals surface area contributed by atoms with E-state index in [0.717, 1.165) is 0 Å². The first kappa shape index (κ1) is 14.1. The molecule has 0 unspecified atom stereocenters. The molecular formula is C13H8Cl2FNOS. The molecule has 0 atom stereocenters. The van der Waals surface area contributed by atoms with E-state index in [1.165, 1.54) is 12.1 Å². The molecule has 0 bridgehead atoms. The van der Waals surface area contributed by atoms with Gasteiger partial charge in [0.25, 0.3) is 0 Å². The largest absolute Gasteiger partial charge is 0.453 e. The second kappa shape index (κ2) is 5.74. The van der Waals surface area contributed by atoms with Crippen LogP contribution in [-0.2, 0) is 0 Å². The van der Waals surface area contributed by atoms with E-state index in [2.05, 4.69) is 0 Å². The third-order valence-electron chi connectivity index (χ3n) is 2.35. The molecule has 19 heavy (non-hydrogen) atoms. The van der Waals surface area contributed by atoms with Crippen LogP contribution in [0.4, 0.5) is 4.39 Å². The predicted molar refractivity (Wildman–Crippen MR) is 78.8 cm³/mol. The van der Waals surface area contributed by atoms with Crippen LogP contribution in [0.5, 0.6) is 11.5 Å². The molecule has 2 aromatic carbocycles. The SMILES string of the molecule is NC(=S)c1ccc(Oc2cccc(Cl)c2Cl)c(F)c1. The highest BCUT2D eigenvalue weighted by Crippen LogP contribution is 2.35. The molecule has 0 fully saturated rings. The van der Waals surface area contributed by atoms with Gasteiger partial charge in [-0.2, -0.15) is 0 Å². The van der Waals surface area contributed by atoms with E-state index in [0.29, 0.717) is 10.6 Å². The number of hydrogen-bond donors (Lipinski definition) is 1. The number of thiocarbonyl (C=S) groups is 1. The number of hydrogen-bond acceptors (Lipinski definition) is 2. The van der Waals surface area contributed by atoms with Crippen molar-refractivity contribution < 1.29 is 9.13 Å². The van der Waals surface area contributed by atoms with E-state index in [9.17, 15) is 4.39 Å². The molecule has 0 amide bonds. The number of ether oxygens (including phenoxy) is 1. The lowest BCUT2D eigenvalue weighted by molar-refractivity contribution is 0.442. The highest BCUT2D eigenvalue weighted by atomic mass is 35.5. The standard InChI is InChI=1S/C13H8Cl2FNOS/c14-8-2-1-3-11(12(8)15)18-10-5-4-7(13(17)19)6-9(10)16/h1-6H,(H2,17,19). The first-order valence-electron chi connectivity index (χ1n) is 5.20. The van der Waals surface area contributed by atoms with Gasteiger partial charge in [0.1, 0.15) is 15.8 Å². The minimum Gasteiger partial charge on any atom is -0.453 e. The van der Waals surface area contributed by atoms with Crippen molar-refractivity contribution in [3.63, 3.8) is 0 Å². The third kappa shape index (κ3) is 3.15. The molecule has 0 aliphatic rings. The second-order valence-electron chi connectivity index (χ2n) is 3.66. The van der Waals surface area contributed by atoms with Crippen molar-refractivity contribution in [2.24, 2.45) is 5.73 Å². The number of rotatable bonds is 3. The number of benzene rings is 2. The van der Waals surface area contributed by atoms with E-state index >= 15 is 0 Å². The van der Waals surface area contributed by atoms with Gasteiger partial charge in [0, 0.05) is 5.56 Å². The van der Waals surface area contributed by atoms with Crippen LogP contribution in [-0.4, -0.2) is 4.99 Å². The van der Waals surface area contributed by atoms with Gasteiger partial charge in [0.05, 0.1) is 5.02 Å². The van der Waals surface area contributed by atoms with Gasteiger partial charge in [-0.1, -0.05) is 41.5 Å². The van der Waals surface area contributed by atoms with Gasteiger partial charge in [-0.05, 0) is 30.3 Å². The van der Waals surface area contributed by atoms with Crippen LogP contribution in [0.2, 0.25) is 10.0 Å². The lowest BCUT2D eigenvalue weighted by Gasteiger charge is -2.10. The summed E-state index contributed by atoms with van der Waals surface area (Å²) in [5.41, 5.74) is 5.84. The topological polar surface area (TPSA) is 35.2 Å². The Bertz CT molecular complexity index is 649. The third-order valence-corrected chi connectivity index (χ3v) is 3.39. The molecule has 2 aromatic rings. The van der Waals surface area contributed by atoms with Crippen LogP contribution >= 0.6 is 35.4 Å². The zero-order valence-corrected chi connectivity index (χ0v) is 11.8. The molecule has 0 radical (unpaired) electrons. The summed E-state index contributed by atoms with van der Waals surface area (Å²) in [6, 6.07) is 9.07. The van der Waals surface area contributed by atoms with Crippen molar-refractivity contribution in [1.29, 1.82) is 0 Å². The normalized spacial score (nSPS) is 10.3. The molecule has 2 nitrogen and oxygen atoms in total. The Kier molecular flexibility index (Phi) is 4.24. The van der Waals surface area contributed by atoms with E-state index < -0.39 is 5.82 Å². The van der Waals surface area contributed by atoms with Crippen LogP contribution in [0.1, 0.15) is 5.56 Å². The van der Waals surface area contributed by atoms with Crippen LogP contribution in [0.25, 0.3) is 0 Å². The second-order valence-corrected chi connectivity index (χ2v) is 4.89. The highest BCUT2D eigenvalue weighted by Gasteiger charge is 2.11. The van der Waals surface area contributed by atoms with Crippen molar-refractivity contribution in [2.75, 3.05) is 0 Å². The molecule has 0 heterocycles. The van der Waals surface area contributed by atoms with Crippen molar-refractivity contribution in [1.82, 2.24) is 0 Å². The summed E-state index contributed by atoms with van der Waals surface area (Å²) >= 11 is 16.6. The maximum atomic E-state index is 13.8. The molecule has 0 spiro atoms. The molecule has 6 heteroatoms. The molecule has 0 aromatic heterocycles.